The molecule has 1 fully saturated rings. The van der Waals surface area contributed by atoms with Gasteiger partial charge in [0.25, 0.3) is 0 Å². The molecule has 0 saturated carbocycles. The van der Waals surface area contributed by atoms with Crippen LogP contribution in [0.15, 0.2) is 28.8 Å². The van der Waals surface area contributed by atoms with Crippen molar-refractivity contribution in [1.82, 2.24) is 10.1 Å². The van der Waals surface area contributed by atoms with E-state index in [-0.39, 0.29) is 24.1 Å². The molecular formula is C13H11FN2O3. The van der Waals surface area contributed by atoms with Crippen LogP contribution >= 0.6 is 0 Å². The molecule has 6 heteroatoms. The minimum atomic E-state index is -0.490. The van der Waals surface area contributed by atoms with Crippen molar-refractivity contribution in [2.75, 3.05) is 13.2 Å². The van der Waals surface area contributed by atoms with Gasteiger partial charge in [-0.3, -0.25) is 4.79 Å². The Bertz CT molecular complexity index is 594. The number of ether oxygens (including phenoxy) is 1. The lowest BCUT2D eigenvalue weighted by Gasteiger charge is -2.16. The minimum Gasteiger partial charge on any atom is -0.380 e. The molecule has 2 heterocycles. The highest BCUT2D eigenvalue weighted by Gasteiger charge is 2.29. The van der Waals surface area contributed by atoms with Crippen molar-refractivity contribution >= 4 is 5.78 Å². The molecule has 19 heavy (non-hydrogen) atoms. The van der Waals surface area contributed by atoms with Crippen molar-refractivity contribution in [3.8, 4) is 11.4 Å². The maximum atomic E-state index is 12.8. The van der Waals surface area contributed by atoms with Crippen LogP contribution in [0.1, 0.15) is 18.2 Å². The van der Waals surface area contributed by atoms with Gasteiger partial charge in [-0.05, 0) is 24.3 Å². The number of hydrogen-bond acceptors (Lipinski definition) is 5. The Morgan fingerprint density at radius 2 is 2.05 bits per heavy atom. The summed E-state index contributed by atoms with van der Waals surface area (Å²) in [5, 5.41) is 3.81. The van der Waals surface area contributed by atoms with E-state index >= 15 is 0 Å². The molecule has 1 aliphatic heterocycles. The summed E-state index contributed by atoms with van der Waals surface area (Å²) in [5.41, 5.74) is 0.639. The fraction of sp³-hybridized carbons (Fsp3) is 0.308. The zero-order valence-electron chi connectivity index (χ0n) is 10.0. The van der Waals surface area contributed by atoms with Crippen LogP contribution in [0.3, 0.4) is 0 Å². The Morgan fingerprint density at radius 3 is 2.79 bits per heavy atom. The van der Waals surface area contributed by atoms with Crippen LogP contribution in [0.2, 0.25) is 0 Å². The molecule has 1 aromatic heterocycles. The lowest BCUT2D eigenvalue weighted by Crippen LogP contribution is -2.25. The summed E-state index contributed by atoms with van der Waals surface area (Å²) in [7, 11) is 0. The molecule has 1 saturated heterocycles. The van der Waals surface area contributed by atoms with Gasteiger partial charge in [-0.1, -0.05) is 5.16 Å². The van der Waals surface area contributed by atoms with Gasteiger partial charge in [0.1, 0.15) is 17.5 Å². The van der Waals surface area contributed by atoms with E-state index in [0.29, 0.717) is 24.4 Å². The minimum absolute atomic E-state index is 0.0422. The normalized spacial score (nSPS) is 19.6. The number of hydrogen-bond donors (Lipinski definition) is 0. The van der Waals surface area contributed by atoms with Crippen molar-refractivity contribution in [3.63, 3.8) is 0 Å². The molecule has 3 rings (SSSR count). The van der Waals surface area contributed by atoms with Gasteiger partial charge >= 0.3 is 0 Å². The average molecular weight is 262 g/mol. The Balaban J connectivity index is 1.86. The lowest BCUT2D eigenvalue weighted by molar-refractivity contribution is -0.127. The molecule has 1 unspecified atom stereocenters. The van der Waals surface area contributed by atoms with Crippen molar-refractivity contribution in [2.24, 2.45) is 0 Å². The number of ketones is 1. The Kier molecular flexibility index (Phi) is 3.08. The number of aromatic nitrogens is 2. The van der Waals surface area contributed by atoms with Gasteiger partial charge in [-0.2, -0.15) is 4.98 Å². The van der Waals surface area contributed by atoms with E-state index in [0.717, 1.165) is 0 Å². The van der Waals surface area contributed by atoms with Crippen LogP contribution in [-0.2, 0) is 9.53 Å². The van der Waals surface area contributed by atoms with Crippen LogP contribution in [0, 0.1) is 5.82 Å². The summed E-state index contributed by atoms with van der Waals surface area (Å²) in [6.45, 7) is 0.707. The number of benzene rings is 1. The van der Waals surface area contributed by atoms with E-state index in [1.54, 1.807) is 12.1 Å². The van der Waals surface area contributed by atoms with Crippen LogP contribution < -0.4 is 0 Å². The maximum absolute atomic E-state index is 12.8. The predicted octanol–water partition coefficient (Wildman–Crippen LogP) is 1.95. The summed E-state index contributed by atoms with van der Waals surface area (Å²) < 4.78 is 23.2. The van der Waals surface area contributed by atoms with Gasteiger partial charge in [-0.15, -0.1) is 0 Å². The van der Waals surface area contributed by atoms with E-state index in [1.165, 1.54) is 12.1 Å². The number of carbonyl (C=O) groups excluding carboxylic acids is 1. The van der Waals surface area contributed by atoms with E-state index in [1.807, 2.05) is 0 Å². The molecule has 98 valence electrons. The van der Waals surface area contributed by atoms with E-state index < -0.39 is 5.92 Å². The molecule has 1 aromatic carbocycles. The first-order valence-corrected chi connectivity index (χ1v) is 5.94. The zero-order valence-corrected chi connectivity index (χ0v) is 10.0. The summed E-state index contributed by atoms with van der Waals surface area (Å²) in [6.07, 6.45) is 0.360. The molecule has 0 spiro atoms. The van der Waals surface area contributed by atoms with Crippen molar-refractivity contribution < 1.29 is 18.4 Å². The highest BCUT2D eigenvalue weighted by molar-refractivity contribution is 5.85. The molecule has 0 amide bonds. The van der Waals surface area contributed by atoms with E-state index in [2.05, 4.69) is 10.1 Å². The maximum Gasteiger partial charge on any atom is 0.239 e. The van der Waals surface area contributed by atoms with E-state index in [9.17, 15) is 9.18 Å². The second-order valence-corrected chi connectivity index (χ2v) is 4.31. The molecule has 0 radical (unpaired) electrons. The zero-order chi connectivity index (χ0) is 13.2. The number of carbonyl (C=O) groups is 1. The number of Topliss-reactive ketones (excluding diaryl/α,β-unsaturated/α-hetero) is 1. The first kappa shape index (κ1) is 12.0. The van der Waals surface area contributed by atoms with Crippen molar-refractivity contribution in [3.05, 3.63) is 36.0 Å². The molecule has 2 aromatic rings. The monoisotopic (exact) mass is 262 g/mol. The quantitative estimate of drug-likeness (QED) is 0.827. The second-order valence-electron chi connectivity index (χ2n) is 4.31. The molecule has 1 atom stereocenters. The standard InChI is InChI=1S/C13H11FN2O3/c14-9-3-1-8(2-4-9)12-15-13(19-16-12)10-7-18-6-5-11(10)17/h1-4,10H,5-7H2. The van der Waals surface area contributed by atoms with Gasteiger partial charge in [0.05, 0.1) is 13.2 Å². The van der Waals surface area contributed by atoms with Crippen molar-refractivity contribution in [2.45, 2.75) is 12.3 Å². The molecule has 5 nitrogen and oxygen atoms in total. The smallest absolute Gasteiger partial charge is 0.239 e. The Morgan fingerprint density at radius 1 is 1.26 bits per heavy atom. The van der Waals surface area contributed by atoms with Gasteiger partial charge in [0.2, 0.25) is 11.7 Å². The summed E-state index contributed by atoms with van der Waals surface area (Å²) in [6, 6.07) is 5.76. The predicted molar refractivity (Wildman–Crippen MR) is 62.9 cm³/mol. The highest BCUT2D eigenvalue weighted by atomic mass is 19.1. The largest absolute Gasteiger partial charge is 0.380 e. The van der Waals surface area contributed by atoms with Gasteiger partial charge in [0, 0.05) is 12.0 Å². The third-order valence-electron chi connectivity index (χ3n) is 3.01. The Hall–Kier alpha value is -2.08. The first-order chi connectivity index (χ1) is 9.24. The number of halogens is 1. The Labute approximate surface area is 108 Å². The number of nitrogens with zero attached hydrogens (tertiary/aromatic N) is 2. The van der Waals surface area contributed by atoms with Crippen LogP contribution in [0.5, 0.6) is 0 Å². The molecular weight excluding hydrogens is 251 g/mol. The second kappa shape index (κ2) is 4.89. The fourth-order valence-corrected chi connectivity index (χ4v) is 1.94. The summed E-state index contributed by atoms with van der Waals surface area (Å²) in [4.78, 5) is 15.9. The molecule has 1 aliphatic rings. The first-order valence-electron chi connectivity index (χ1n) is 5.94. The van der Waals surface area contributed by atoms with Crippen LogP contribution in [0.25, 0.3) is 11.4 Å². The van der Waals surface area contributed by atoms with Crippen LogP contribution in [-0.4, -0.2) is 29.1 Å². The van der Waals surface area contributed by atoms with E-state index in [4.69, 9.17) is 9.26 Å². The molecule has 0 N–H and O–H groups in total. The van der Waals surface area contributed by atoms with Gasteiger partial charge in [-0.25, -0.2) is 4.39 Å². The third-order valence-corrected chi connectivity index (χ3v) is 3.01. The third kappa shape index (κ3) is 2.39. The fourth-order valence-electron chi connectivity index (χ4n) is 1.94. The molecule has 0 bridgehead atoms. The van der Waals surface area contributed by atoms with Crippen molar-refractivity contribution in [1.29, 1.82) is 0 Å². The molecule has 0 aliphatic carbocycles. The van der Waals surface area contributed by atoms with Gasteiger partial charge < -0.3 is 9.26 Å². The SMILES string of the molecule is O=C1CCOCC1c1nc(-c2ccc(F)cc2)no1. The average Bonchev–Trinajstić information content (AvgIpc) is 2.89. The summed E-state index contributed by atoms with van der Waals surface area (Å²) >= 11 is 0. The highest BCUT2D eigenvalue weighted by Crippen LogP contribution is 2.24. The topological polar surface area (TPSA) is 65.2 Å². The lowest BCUT2D eigenvalue weighted by atomic mass is 10.0. The number of rotatable bonds is 2. The van der Waals surface area contributed by atoms with Crippen LogP contribution in [0.4, 0.5) is 4.39 Å². The summed E-state index contributed by atoms with van der Waals surface area (Å²) in [5.74, 6) is -0.184. The van der Waals surface area contributed by atoms with Gasteiger partial charge in [0.15, 0.2) is 0 Å².